The van der Waals surface area contributed by atoms with Gasteiger partial charge in [-0.05, 0) is 0 Å². The number of terminal acetylenes is 1. The van der Waals surface area contributed by atoms with Gasteiger partial charge >= 0.3 is 103 Å². The molecule has 0 aliphatic carbocycles. The molecular formula is C11H12N4Se. The van der Waals surface area contributed by atoms with Crippen molar-refractivity contribution in [1.82, 2.24) is 15.7 Å². The summed E-state index contributed by atoms with van der Waals surface area (Å²) in [4.78, 5) is 4.18. The van der Waals surface area contributed by atoms with Gasteiger partial charge in [-0.25, -0.2) is 0 Å². The monoisotopic (exact) mass is 280 g/mol. The van der Waals surface area contributed by atoms with Crippen LogP contribution in [-0.2, 0) is 0 Å². The van der Waals surface area contributed by atoms with Crippen molar-refractivity contribution in [2.24, 2.45) is 5.10 Å². The zero-order valence-corrected chi connectivity index (χ0v) is 10.6. The van der Waals surface area contributed by atoms with E-state index in [1.54, 1.807) is 6.20 Å². The molecule has 0 saturated heterocycles. The molecule has 1 heterocycles. The average Bonchev–Trinajstić information content (AvgIpc) is 2.34. The molecule has 1 aromatic rings. The first-order valence-electron chi connectivity index (χ1n) is 4.67. The van der Waals surface area contributed by atoms with Crippen LogP contribution in [0.5, 0.6) is 0 Å². The van der Waals surface area contributed by atoms with Crippen molar-refractivity contribution in [1.29, 1.82) is 0 Å². The van der Waals surface area contributed by atoms with E-state index in [4.69, 9.17) is 6.42 Å². The first-order chi connectivity index (χ1) is 7.74. The Balaban J connectivity index is 2.52. The van der Waals surface area contributed by atoms with Crippen molar-refractivity contribution in [3.05, 3.63) is 30.1 Å². The molecule has 1 aromatic heterocycles. The van der Waals surface area contributed by atoms with Crippen LogP contribution >= 0.6 is 0 Å². The number of hydrogen-bond donors (Lipinski definition) is 2. The minimum absolute atomic E-state index is 0.452. The maximum atomic E-state index is 5.11. The molecule has 0 fully saturated rings. The average molecular weight is 279 g/mol. The van der Waals surface area contributed by atoms with Gasteiger partial charge in [-0.1, -0.05) is 0 Å². The van der Waals surface area contributed by atoms with Crippen LogP contribution in [0.25, 0.3) is 0 Å². The molecule has 0 aromatic carbocycles. The molecule has 5 heteroatoms. The van der Waals surface area contributed by atoms with Gasteiger partial charge in [-0.3, -0.25) is 0 Å². The van der Waals surface area contributed by atoms with Crippen LogP contribution in [-0.4, -0.2) is 37.5 Å². The molecule has 0 radical (unpaired) electrons. The summed E-state index contributed by atoms with van der Waals surface area (Å²) in [5.41, 5.74) is 4.45. The Hall–Kier alpha value is -1.63. The molecule has 0 bridgehead atoms. The van der Waals surface area contributed by atoms with Crippen molar-refractivity contribution in [2.75, 3.05) is 6.54 Å². The third-order valence-electron chi connectivity index (χ3n) is 1.71. The van der Waals surface area contributed by atoms with E-state index in [0.29, 0.717) is 11.2 Å². The van der Waals surface area contributed by atoms with Crippen molar-refractivity contribution >= 4 is 26.0 Å². The summed E-state index contributed by atoms with van der Waals surface area (Å²) in [5, 5.41) is 7.08. The van der Waals surface area contributed by atoms with Crippen molar-refractivity contribution in [2.45, 2.75) is 6.92 Å². The van der Waals surface area contributed by atoms with Gasteiger partial charge in [0.15, 0.2) is 0 Å². The Morgan fingerprint density at radius 1 is 1.62 bits per heavy atom. The first-order valence-corrected chi connectivity index (χ1v) is 5.52. The quantitative estimate of drug-likeness (QED) is 0.342. The van der Waals surface area contributed by atoms with Gasteiger partial charge in [0, 0.05) is 0 Å². The fourth-order valence-electron chi connectivity index (χ4n) is 0.940. The van der Waals surface area contributed by atoms with E-state index in [-0.39, 0.29) is 0 Å². The molecular weight excluding hydrogens is 267 g/mol. The summed E-state index contributed by atoms with van der Waals surface area (Å²) in [6.45, 7) is 2.33. The number of nitrogens with one attached hydrogen (secondary N) is 2. The third-order valence-corrected chi connectivity index (χ3v) is 2.21. The van der Waals surface area contributed by atoms with Crippen molar-refractivity contribution in [3.8, 4) is 12.3 Å². The number of pyridine rings is 1. The van der Waals surface area contributed by atoms with Gasteiger partial charge < -0.3 is 0 Å². The molecule has 0 aliphatic rings. The van der Waals surface area contributed by atoms with Crippen LogP contribution in [0.3, 0.4) is 0 Å². The number of nitrogens with zero attached hydrogens (tertiary/aromatic N) is 2. The number of hydrazone groups is 1. The molecule has 0 spiro atoms. The number of aromatic nitrogens is 1. The molecule has 2 N–H and O–H groups in total. The summed E-state index contributed by atoms with van der Waals surface area (Å²) in [6.07, 6.45) is 6.84. The molecule has 82 valence electrons. The van der Waals surface area contributed by atoms with Gasteiger partial charge in [0.2, 0.25) is 0 Å². The van der Waals surface area contributed by atoms with Crippen LogP contribution in [0.2, 0.25) is 0 Å². The van der Waals surface area contributed by atoms with Gasteiger partial charge in [0.25, 0.3) is 0 Å². The normalized spacial score (nSPS) is 10.4. The summed E-state index contributed by atoms with van der Waals surface area (Å²) in [5.74, 6) is 2.47. The van der Waals surface area contributed by atoms with E-state index in [0.717, 1.165) is 11.4 Å². The standard InChI is InChI=1S/C11H12N4Se/c1-3-7-13-11(16)15-14-9(2)10-6-4-5-8-12-10/h1,4-6,8H,7H2,2H3,(H2,13,15,16). The molecule has 1 rings (SSSR count). The molecule has 0 aliphatic heterocycles. The number of rotatable bonds is 5. The topological polar surface area (TPSA) is 49.3 Å². The Morgan fingerprint density at radius 2 is 2.44 bits per heavy atom. The minimum atomic E-state index is 0.452. The van der Waals surface area contributed by atoms with Crippen LogP contribution in [0, 0.1) is 12.3 Å². The van der Waals surface area contributed by atoms with Gasteiger partial charge in [0.05, 0.1) is 0 Å². The Bertz CT molecular complexity index is 419. The predicted molar refractivity (Wildman–Crippen MR) is 67.2 cm³/mol. The van der Waals surface area contributed by atoms with Crippen molar-refractivity contribution in [3.63, 3.8) is 0 Å². The molecule has 4 nitrogen and oxygen atoms in total. The van der Waals surface area contributed by atoms with Crippen molar-refractivity contribution < 1.29 is 0 Å². The van der Waals surface area contributed by atoms with E-state index >= 15 is 0 Å². The Kier molecular flexibility index (Phi) is 5.27. The summed E-state index contributed by atoms with van der Waals surface area (Å²) in [7, 11) is 0. The second kappa shape index (κ2) is 6.78. The Morgan fingerprint density at radius 3 is 3.06 bits per heavy atom. The fourth-order valence-corrected chi connectivity index (χ4v) is 1.19. The molecule has 0 saturated carbocycles. The number of hydrogen-bond acceptors (Lipinski definition) is 4. The maximum absolute atomic E-state index is 5.11. The Labute approximate surface area is 103 Å². The van der Waals surface area contributed by atoms with Gasteiger partial charge in [-0.15, -0.1) is 0 Å². The van der Waals surface area contributed by atoms with E-state index < -0.39 is 0 Å². The zero-order valence-electron chi connectivity index (χ0n) is 8.90. The fraction of sp³-hybridized carbons (Fsp3) is 0.182. The zero-order chi connectivity index (χ0) is 11.8. The summed E-state index contributed by atoms with van der Waals surface area (Å²) in [6, 6.07) is 5.68. The first kappa shape index (κ1) is 12.4. The third kappa shape index (κ3) is 4.26. The summed E-state index contributed by atoms with van der Waals surface area (Å²) >= 11 is 2.79. The second-order valence-corrected chi connectivity index (χ2v) is 3.77. The second-order valence-electron chi connectivity index (χ2n) is 2.91. The van der Waals surface area contributed by atoms with Gasteiger partial charge in [-0.2, -0.15) is 0 Å². The van der Waals surface area contributed by atoms with Crippen LogP contribution in [0.1, 0.15) is 12.6 Å². The van der Waals surface area contributed by atoms with E-state index in [9.17, 15) is 0 Å². The van der Waals surface area contributed by atoms with Gasteiger partial charge in [0.1, 0.15) is 0 Å². The molecule has 0 atom stereocenters. The molecule has 16 heavy (non-hydrogen) atoms. The SMILES string of the molecule is C#CCNC(=[Se])NN=C(C)c1ccccn1. The van der Waals surface area contributed by atoms with Crippen LogP contribution < -0.4 is 10.7 Å². The predicted octanol–water partition coefficient (Wildman–Crippen LogP) is -0.126. The van der Waals surface area contributed by atoms with E-state index in [2.05, 4.69) is 42.3 Å². The molecule has 0 unspecified atom stereocenters. The van der Waals surface area contributed by atoms with E-state index in [1.165, 1.54) is 0 Å². The van der Waals surface area contributed by atoms with E-state index in [1.807, 2.05) is 25.1 Å². The molecule has 0 amide bonds. The van der Waals surface area contributed by atoms with Crippen LogP contribution in [0.15, 0.2) is 29.5 Å². The van der Waals surface area contributed by atoms with Crippen LogP contribution in [0.4, 0.5) is 0 Å². The summed E-state index contributed by atoms with van der Waals surface area (Å²) < 4.78 is 0.688.